The average molecular weight is 209 g/mol. The summed E-state index contributed by atoms with van der Waals surface area (Å²) in [5.74, 6) is 1.40. The molecule has 0 radical (unpaired) electrons. The Balaban J connectivity index is 2.61. The summed E-state index contributed by atoms with van der Waals surface area (Å²) in [5, 5.41) is 3.84. The Hall–Kier alpha value is -1.32. The Morgan fingerprint density at radius 2 is 2.33 bits per heavy atom. The van der Waals surface area contributed by atoms with E-state index in [1.165, 1.54) is 5.57 Å². The molecule has 3 N–H and O–H groups in total. The second-order valence-electron chi connectivity index (χ2n) is 4.39. The van der Waals surface area contributed by atoms with Crippen molar-refractivity contribution in [1.82, 2.24) is 5.43 Å². The lowest BCUT2D eigenvalue weighted by Gasteiger charge is -2.29. The molecule has 3 atom stereocenters. The fraction of sp³-hybridized carbons (Fsp3) is 0.636. The van der Waals surface area contributed by atoms with E-state index in [1.807, 2.05) is 0 Å². The molecule has 4 nitrogen and oxygen atoms in total. The van der Waals surface area contributed by atoms with Crippen LogP contribution in [0.4, 0.5) is 4.79 Å². The molecule has 0 saturated heterocycles. The molecule has 0 spiro atoms. The number of primary amides is 1. The standard InChI is InChI=1S/C11H19N3O/c1-7-4-8(2)10(9(3)5-7)6-13-14-11(12)15/h4,6,8-10H,5H2,1-3H3,(H3,12,14,15). The summed E-state index contributed by atoms with van der Waals surface area (Å²) in [6, 6.07) is -0.617. The third-order valence-corrected chi connectivity index (χ3v) is 2.88. The first-order chi connectivity index (χ1) is 7.00. The van der Waals surface area contributed by atoms with E-state index in [2.05, 4.69) is 37.4 Å². The number of nitrogens with zero attached hydrogens (tertiary/aromatic N) is 1. The van der Waals surface area contributed by atoms with E-state index in [0.29, 0.717) is 17.8 Å². The molecule has 4 heteroatoms. The normalized spacial score (nSPS) is 31.4. The van der Waals surface area contributed by atoms with Crippen molar-refractivity contribution in [3.63, 3.8) is 0 Å². The summed E-state index contributed by atoms with van der Waals surface area (Å²) in [4.78, 5) is 10.4. The molecular weight excluding hydrogens is 190 g/mol. The maximum absolute atomic E-state index is 10.4. The number of hydrazone groups is 1. The van der Waals surface area contributed by atoms with Crippen molar-refractivity contribution in [3.8, 4) is 0 Å². The van der Waals surface area contributed by atoms with Crippen LogP contribution in [0, 0.1) is 17.8 Å². The lowest BCUT2D eigenvalue weighted by atomic mass is 9.76. The molecule has 84 valence electrons. The third kappa shape index (κ3) is 3.38. The van der Waals surface area contributed by atoms with E-state index in [9.17, 15) is 4.79 Å². The number of nitrogens with two attached hydrogens (primary N) is 1. The molecular formula is C11H19N3O. The van der Waals surface area contributed by atoms with Crippen LogP contribution in [0.1, 0.15) is 27.2 Å². The van der Waals surface area contributed by atoms with E-state index >= 15 is 0 Å². The van der Waals surface area contributed by atoms with Gasteiger partial charge in [-0.25, -0.2) is 10.2 Å². The molecule has 1 aliphatic rings. The number of amides is 2. The molecule has 0 heterocycles. The van der Waals surface area contributed by atoms with Gasteiger partial charge in [-0.2, -0.15) is 5.10 Å². The van der Waals surface area contributed by atoms with Crippen molar-refractivity contribution >= 4 is 12.2 Å². The van der Waals surface area contributed by atoms with Crippen LogP contribution in [0.3, 0.4) is 0 Å². The van der Waals surface area contributed by atoms with Crippen LogP contribution >= 0.6 is 0 Å². The first kappa shape index (κ1) is 11.8. The number of hydrogen-bond donors (Lipinski definition) is 2. The van der Waals surface area contributed by atoms with E-state index < -0.39 is 6.03 Å². The van der Waals surface area contributed by atoms with Gasteiger partial charge in [0.05, 0.1) is 0 Å². The molecule has 15 heavy (non-hydrogen) atoms. The third-order valence-electron chi connectivity index (χ3n) is 2.88. The maximum atomic E-state index is 10.4. The van der Waals surface area contributed by atoms with Gasteiger partial charge in [0.1, 0.15) is 0 Å². The second kappa shape index (κ2) is 4.96. The van der Waals surface area contributed by atoms with E-state index in [0.717, 1.165) is 6.42 Å². The van der Waals surface area contributed by atoms with Gasteiger partial charge in [-0.1, -0.05) is 25.5 Å². The summed E-state index contributed by atoms with van der Waals surface area (Å²) in [6.45, 7) is 6.52. The van der Waals surface area contributed by atoms with Crippen LogP contribution in [0.15, 0.2) is 16.8 Å². The molecule has 3 unspecified atom stereocenters. The van der Waals surface area contributed by atoms with Gasteiger partial charge < -0.3 is 5.73 Å². The Bertz CT molecular complexity index is 296. The molecule has 0 saturated carbocycles. The molecule has 2 amide bonds. The maximum Gasteiger partial charge on any atom is 0.332 e. The highest BCUT2D eigenvalue weighted by molar-refractivity contribution is 5.73. The average Bonchev–Trinajstić information content (AvgIpc) is 2.08. The lowest BCUT2D eigenvalue weighted by Crippen LogP contribution is -2.28. The molecule has 0 fully saturated rings. The summed E-state index contributed by atoms with van der Waals surface area (Å²) in [6.07, 6.45) is 5.15. The fourth-order valence-corrected chi connectivity index (χ4v) is 2.26. The van der Waals surface area contributed by atoms with Gasteiger partial charge in [0.15, 0.2) is 0 Å². The largest absolute Gasteiger partial charge is 0.350 e. The minimum atomic E-state index is -0.617. The predicted octanol–water partition coefficient (Wildman–Crippen LogP) is 1.88. The lowest BCUT2D eigenvalue weighted by molar-refractivity contribution is 0.249. The molecule has 0 aromatic heterocycles. The van der Waals surface area contributed by atoms with Gasteiger partial charge in [0, 0.05) is 12.1 Å². The minimum Gasteiger partial charge on any atom is -0.350 e. The van der Waals surface area contributed by atoms with Crippen molar-refractivity contribution < 1.29 is 4.79 Å². The number of urea groups is 1. The van der Waals surface area contributed by atoms with Gasteiger partial charge >= 0.3 is 6.03 Å². The zero-order valence-electron chi connectivity index (χ0n) is 9.53. The van der Waals surface area contributed by atoms with Crippen molar-refractivity contribution in [2.75, 3.05) is 0 Å². The minimum absolute atomic E-state index is 0.376. The van der Waals surface area contributed by atoms with Gasteiger partial charge in [0.2, 0.25) is 0 Å². The zero-order valence-corrected chi connectivity index (χ0v) is 9.53. The van der Waals surface area contributed by atoms with Crippen molar-refractivity contribution in [1.29, 1.82) is 0 Å². The summed E-state index contributed by atoms with van der Waals surface area (Å²) in [7, 11) is 0. The number of allylic oxidation sites excluding steroid dienone is 2. The number of nitrogens with one attached hydrogen (secondary N) is 1. The Kier molecular flexibility index (Phi) is 3.88. The number of carbonyl (C=O) groups is 1. The first-order valence-corrected chi connectivity index (χ1v) is 5.26. The number of carbonyl (C=O) groups excluding carboxylic acids is 1. The summed E-state index contributed by atoms with van der Waals surface area (Å²) >= 11 is 0. The van der Waals surface area contributed by atoms with Crippen LogP contribution in [0.25, 0.3) is 0 Å². The molecule has 0 aliphatic heterocycles. The van der Waals surface area contributed by atoms with Crippen LogP contribution < -0.4 is 11.2 Å². The molecule has 0 aromatic rings. The quantitative estimate of drug-likeness (QED) is 0.407. The van der Waals surface area contributed by atoms with Crippen molar-refractivity contribution in [2.45, 2.75) is 27.2 Å². The molecule has 1 rings (SSSR count). The van der Waals surface area contributed by atoms with Gasteiger partial charge in [0.25, 0.3) is 0 Å². The Morgan fingerprint density at radius 3 is 2.87 bits per heavy atom. The first-order valence-electron chi connectivity index (χ1n) is 5.26. The number of rotatable bonds is 2. The van der Waals surface area contributed by atoms with Crippen LogP contribution in [-0.4, -0.2) is 12.2 Å². The van der Waals surface area contributed by atoms with E-state index in [4.69, 9.17) is 5.73 Å². The van der Waals surface area contributed by atoms with Crippen LogP contribution in [0.2, 0.25) is 0 Å². The highest BCUT2D eigenvalue weighted by Crippen LogP contribution is 2.31. The highest BCUT2D eigenvalue weighted by atomic mass is 16.2. The highest BCUT2D eigenvalue weighted by Gasteiger charge is 2.25. The Morgan fingerprint density at radius 1 is 1.67 bits per heavy atom. The van der Waals surface area contributed by atoms with Crippen molar-refractivity contribution in [2.24, 2.45) is 28.6 Å². The SMILES string of the molecule is CC1=CC(C)C(C=NNC(N)=O)C(C)C1. The van der Waals surface area contributed by atoms with E-state index in [1.54, 1.807) is 6.21 Å². The molecule has 1 aliphatic carbocycles. The molecule has 0 bridgehead atoms. The zero-order chi connectivity index (χ0) is 11.4. The second-order valence-corrected chi connectivity index (χ2v) is 4.39. The van der Waals surface area contributed by atoms with Gasteiger partial charge in [-0.05, 0) is 25.2 Å². The van der Waals surface area contributed by atoms with Crippen LogP contribution in [0.5, 0.6) is 0 Å². The van der Waals surface area contributed by atoms with Crippen molar-refractivity contribution in [3.05, 3.63) is 11.6 Å². The topological polar surface area (TPSA) is 67.5 Å². The number of hydrogen-bond acceptors (Lipinski definition) is 2. The monoisotopic (exact) mass is 209 g/mol. The van der Waals surface area contributed by atoms with Gasteiger partial charge in [-0.15, -0.1) is 0 Å². The van der Waals surface area contributed by atoms with Crippen LogP contribution in [-0.2, 0) is 0 Å². The predicted molar refractivity (Wildman–Crippen MR) is 61.4 cm³/mol. The van der Waals surface area contributed by atoms with Gasteiger partial charge in [-0.3, -0.25) is 0 Å². The summed E-state index contributed by atoms with van der Waals surface area (Å²) in [5.41, 5.74) is 8.59. The van der Waals surface area contributed by atoms with E-state index in [-0.39, 0.29) is 0 Å². The summed E-state index contributed by atoms with van der Waals surface area (Å²) < 4.78 is 0. The smallest absolute Gasteiger partial charge is 0.332 e. The Labute approximate surface area is 90.6 Å². The molecule has 0 aromatic carbocycles. The fourth-order valence-electron chi connectivity index (χ4n) is 2.26.